The van der Waals surface area contributed by atoms with E-state index in [4.69, 9.17) is 16.2 Å². The first-order chi connectivity index (χ1) is 8.25. The molecule has 86 valence electrons. The summed E-state index contributed by atoms with van der Waals surface area (Å²) in [6, 6.07) is 9.72. The van der Waals surface area contributed by atoms with Gasteiger partial charge in [-0.15, -0.1) is 0 Å². The molecule has 0 unspecified atom stereocenters. The van der Waals surface area contributed by atoms with Crippen LogP contribution in [0, 0.1) is 0 Å². The van der Waals surface area contributed by atoms with Gasteiger partial charge in [0.2, 0.25) is 0 Å². The van der Waals surface area contributed by atoms with Crippen molar-refractivity contribution in [3.8, 4) is 16.9 Å². The monoisotopic (exact) mass is 227 g/mol. The first-order valence-electron chi connectivity index (χ1n) is 5.53. The zero-order valence-electron chi connectivity index (χ0n) is 9.31. The number of rotatable bonds is 1. The molecular formula is C13H13N3O. The van der Waals surface area contributed by atoms with Crippen LogP contribution in [0.3, 0.4) is 0 Å². The van der Waals surface area contributed by atoms with E-state index in [9.17, 15) is 0 Å². The lowest BCUT2D eigenvalue weighted by Gasteiger charge is -2.10. The number of anilines is 2. The van der Waals surface area contributed by atoms with Gasteiger partial charge in [-0.25, -0.2) is 4.98 Å². The number of para-hydroxylation sites is 1. The molecule has 4 heteroatoms. The van der Waals surface area contributed by atoms with Crippen molar-refractivity contribution < 1.29 is 4.74 Å². The second-order valence-electron chi connectivity index (χ2n) is 4.06. The highest BCUT2D eigenvalue weighted by Gasteiger charge is 2.18. The lowest BCUT2D eigenvalue weighted by molar-refractivity contribution is 0.358. The van der Waals surface area contributed by atoms with Gasteiger partial charge in [0.15, 0.2) is 0 Å². The van der Waals surface area contributed by atoms with Gasteiger partial charge in [-0.1, -0.05) is 18.2 Å². The molecule has 4 nitrogen and oxygen atoms in total. The Morgan fingerprint density at radius 2 is 1.94 bits per heavy atom. The highest BCUT2D eigenvalue weighted by Crippen LogP contribution is 2.38. The van der Waals surface area contributed by atoms with Crippen LogP contribution in [0.15, 0.2) is 30.3 Å². The van der Waals surface area contributed by atoms with Crippen molar-refractivity contribution in [2.24, 2.45) is 0 Å². The number of nitrogens with zero attached hydrogens (tertiary/aromatic N) is 1. The highest BCUT2D eigenvalue weighted by molar-refractivity contribution is 5.80. The van der Waals surface area contributed by atoms with Gasteiger partial charge in [0.1, 0.15) is 17.4 Å². The molecule has 0 saturated heterocycles. The van der Waals surface area contributed by atoms with Gasteiger partial charge in [-0.2, -0.15) is 0 Å². The fourth-order valence-electron chi connectivity index (χ4n) is 2.15. The number of fused-ring (bicyclic) bond motifs is 1. The molecule has 0 fully saturated rings. The number of nitrogen functional groups attached to an aromatic ring is 2. The Morgan fingerprint density at radius 1 is 1.06 bits per heavy atom. The number of nitrogens with two attached hydrogens (primary N) is 2. The summed E-state index contributed by atoms with van der Waals surface area (Å²) >= 11 is 0. The van der Waals surface area contributed by atoms with Gasteiger partial charge in [-0.3, -0.25) is 0 Å². The Kier molecular flexibility index (Phi) is 2.14. The molecule has 0 bridgehead atoms. The van der Waals surface area contributed by atoms with Crippen LogP contribution in [0.5, 0.6) is 5.75 Å². The summed E-state index contributed by atoms with van der Waals surface area (Å²) < 4.78 is 5.65. The summed E-state index contributed by atoms with van der Waals surface area (Å²) in [5.74, 6) is 1.79. The number of benzene rings is 1. The third-order valence-corrected chi connectivity index (χ3v) is 2.95. The van der Waals surface area contributed by atoms with E-state index in [-0.39, 0.29) is 0 Å². The van der Waals surface area contributed by atoms with Crippen LogP contribution in [-0.4, -0.2) is 11.6 Å². The number of hydrogen-bond acceptors (Lipinski definition) is 4. The summed E-state index contributed by atoms with van der Waals surface area (Å²) in [6.45, 7) is 0.731. The minimum Gasteiger partial charge on any atom is -0.492 e. The van der Waals surface area contributed by atoms with E-state index in [0.717, 1.165) is 29.9 Å². The zero-order valence-corrected chi connectivity index (χ0v) is 9.31. The quantitative estimate of drug-likeness (QED) is 0.779. The molecule has 0 spiro atoms. The minimum atomic E-state index is 0.430. The maximum Gasteiger partial charge on any atom is 0.133 e. The van der Waals surface area contributed by atoms with E-state index in [1.165, 1.54) is 5.56 Å². The highest BCUT2D eigenvalue weighted by atomic mass is 16.5. The molecule has 0 amide bonds. The summed E-state index contributed by atoms with van der Waals surface area (Å²) in [5.41, 5.74) is 14.6. The average Bonchev–Trinajstić information content (AvgIpc) is 2.77. The summed E-state index contributed by atoms with van der Waals surface area (Å²) in [4.78, 5) is 4.08. The SMILES string of the molecule is Nc1ccc(-c2cccc3c2OCC3)c(N)n1. The summed E-state index contributed by atoms with van der Waals surface area (Å²) in [5, 5.41) is 0. The van der Waals surface area contributed by atoms with Crippen LogP contribution in [0.1, 0.15) is 5.56 Å². The van der Waals surface area contributed by atoms with E-state index >= 15 is 0 Å². The van der Waals surface area contributed by atoms with E-state index in [1.54, 1.807) is 6.07 Å². The van der Waals surface area contributed by atoms with Crippen LogP contribution >= 0.6 is 0 Å². The Hall–Kier alpha value is -2.23. The molecule has 2 heterocycles. The Morgan fingerprint density at radius 3 is 2.76 bits per heavy atom. The predicted molar refractivity (Wildman–Crippen MR) is 67.7 cm³/mol. The van der Waals surface area contributed by atoms with Crippen molar-refractivity contribution in [1.82, 2.24) is 4.98 Å². The molecule has 0 radical (unpaired) electrons. The Labute approximate surface area is 99.2 Å². The number of aromatic nitrogens is 1. The molecule has 0 saturated carbocycles. The fourth-order valence-corrected chi connectivity index (χ4v) is 2.15. The number of ether oxygens (including phenoxy) is 1. The van der Waals surface area contributed by atoms with Gasteiger partial charge in [0, 0.05) is 17.5 Å². The van der Waals surface area contributed by atoms with E-state index in [2.05, 4.69) is 11.1 Å². The van der Waals surface area contributed by atoms with Crippen molar-refractivity contribution in [2.75, 3.05) is 18.1 Å². The third kappa shape index (κ3) is 1.58. The van der Waals surface area contributed by atoms with Gasteiger partial charge in [0.25, 0.3) is 0 Å². The molecule has 2 aromatic rings. The normalized spacial score (nSPS) is 13.2. The van der Waals surface area contributed by atoms with E-state index in [1.807, 2.05) is 18.2 Å². The van der Waals surface area contributed by atoms with Gasteiger partial charge in [0.05, 0.1) is 6.61 Å². The number of hydrogen-bond donors (Lipinski definition) is 2. The molecule has 1 aliphatic heterocycles. The van der Waals surface area contributed by atoms with Crippen LogP contribution in [0.4, 0.5) is 11.6 Å². The molecule has 1 aromatic heterocycles. The smallest absolute Gasteiger partial charge is 0.133 e. The molecule has 1 aliphatic rings. The van der Waals surface area contributed by atoms with Gasteiger partial charge < -0.3 is 16.2 Å². The second-order valence-corrected chi connectivity index (χ2v) is 4.06. The van der Waals surface area contributed by atoms with Crippen molar-refractivity contribution in [2.45, 2.75) is 6.42 Å². The molecule has 0 aliphatic carbocycles. The largest absolute Gasteiger partial charge is 0.492 e. The maximum absolute atomic E-state index is 5.90. The topological polar surface area (TPSA) is 74.2 Å². The van der Waals surface area contributed by atoms with Crippen molar-refractivity contribution >= 4 is 11.6 Å². The number of pyridine rings is 1. The average molecular weight is 227 g/mol. The van der Waals surface area contributed by atoms with Crippen LogP contribution in [0.25, 0.3) is 11.1 Å². The second kappa shape index (κ2) is 3.66. The van der Waals surface area contributed by atoms with E-state index in [0.29, 0.717) is 11.6 Å². The van der Waals surface area contributed by atoms with Crippen LogP contribution in [0.2, 0.25) is 0 Å². The molecule has 1 aromatic carbocycles. The van der Waals surface area contributed by atoms with Crippen molar-refractivity contribution in [1.29, 1.82) is 0 Å². The van der Waals surface area contributed by atoms with Gasteiger partial charge in [-0.05, 0) is 17.7 Å². The lowest BCUT2D eigenvalue weighted by atomic mass is 10.0. The molecular weight excluding hydrogens is 214 g/mol. The fraction of sp³-hybridized carbons (Fsp3) is 0.154. The molecule has 4 N–H and O–H groups in total. The summed E-state index contributed by atoms with van der Waals surface area (Å²) in [6.07, 6.45) is 0.950. The minimum absolute atomic E-state index is 0.430. The van der Waals surface area contributed by atoms with Crippen molar-refractivity contribution in [3.05, 3.63) is 35.9 Å². The first-order valence-corrected chi connectivity index (χ1v) is 5.53. The van der Waals surface area contributed by atoms with Crippen molar-refractivity contribution in [3.63, 3.8) is 0 Å². The first kappa shape index (κ1) is 9.96. The zero-order chi connectivity index (χ0) is 11.8. The van der Waals surface area contributed by atoms with Crippen LogP contribution < -0.4 is 16.2 Å². The predicted octanol–water partition coefficient (Wildman–Crippen LogP) is 1.85. The molecule has 3 rings (SSSR count). The van der Waals surface area contributed by atoms with E-state index < -0.39 is 0 Å². The van der Waals surface area contributed by atoms with Crippen LogP contribution in [-0.2, 0) is 6.42 Å². The maximum atomic E-state index is 5.90. The third-order valence-electron chi connectivity index (χ3n) is 2.95. The van der Waals surface area contributed by atoms with Gasteiger partial charge >= 0.3 is 0 Å². The molecule has 17 heavy (non-hydrogen) atoms. The lowest BCUT2D eigenvalue weighted by Crippen LogP contribution is -1.99. The Balaban J connectivity index is 2.19. The summed E-state index contributed by atoms with van der Waals surface area (Å²) in [7, 11) is 0. The Bertz CT molecular complexity index is 581. The molecule has 0 atom stereocenters. The standard InChI is InChI=1S/C13H13N3O/c14-11-5-4-10(13(15)16-11)9-3-1-2-8-6-7-17-12(8)9/h1-5H,6-7H2,(H4,14,15,16).